The maximum Gasteiger partial charge on any atom is 0.194 e. The fourth-order valence-corrected chi connectivity index (χ4v) is 4.24. The van der Waals surface area contributed by atoms with Crippen LogP contribution in [-0.4, -0.2) is 60.5 Å². The first kappa shape index (κ1) is 20.3. The summed E-state index contributed by atoms with van der Waals surface area (Å²) in [5.74, 6) is 1.84. The first-order chi connectivity index (χ1) is 13.1. The summed E-state index contributed by atoms with van der Waals surface area (Å²) in [4.78, 5) is 7.12. The average molecular weight is 376 g/mol. The van der Waals surface area contributed by atoms with Gasteiger partial charge < -0.3 is 9.15 Å². The highest BCUT2D eigenvalue weighted by Crippen LogP contribution is 2.23. The lowest BCUT2D eigenvalue weighted by molar-refractivity contribution is -0.000912. The number of hydrogen-bond donors (Lipinski definition) is 2. The molecule has 2 aliphatic rings. The lowest BCUT2D eigenvalue weighted by Gasteiger charge is -2.43. The molecule has 3 rings (SSSR count). The van der Waals surface area contributed by atoms with Crippen molar-refractivity contribution in [3.63, 3.8) is 0 Å². The quantitative estimate of drug-likeness (QED) is 0.751. The zero-order valence-corrected chi connectivity index (χ0v) is 16.8. The van der Waals surface area contributed by atoms with E-state index >= 15 is 0 Å². The van der Waals surface area contributed by atoms with E-state index < -0.39 is 0 Å². The molecule has 1 aromatic heterocycles. The first-order valence-corrected chi connectivity index (χ1v) is 10.3. The molecule has 0 radical (unpaired) electrons. The number of piperidine rings is 1. The van der Waals surface area contributed by atoms with Gasteiger partial charge in [0.15, 0.2) is 5.89 Å². The van der Waals surface area contributed by atoms with E-state index in [-0.39, 0.29) is 12.2 Å². The van der Waals surface area contributed by atoms with E-state index in [1.807, 2.05) is 13.8 Å². The molecule has 0 aromatic carbocycles. The molecular weight excluding hydrogens is 342 g/mol. The number of oxazole rings is 1. The highest BCUT2D eigenvalue weighted by molar-refractivity contribution is 5.07. The molecule has 0 spiro atoms. The van der Waals surface area contributed by atoms with Gasteiger partial charge in [-0.05, 0) is 33.1 Å². The van der Waals surface area contributed by atoms with E-state index in [4.69, 9.17) is 14.4 Å². The third kappa shape index (κ3) is 5.52. The van der Waals surface area contributed by atoms with Crippen molar-refractivity contribution >= 4 is 0 Å². The van der Waals surface area contributed by atoms with Crippen LogP contribution < -0.4 is 10.6 Å². The smallest absolute Gasteiger partial charge is 0.194 e. The Balaban J connectivity index is 1.61. The molecule has 150 valence electrons. The number of nitrogens with zero attached hydrogens (tertiary/aromatic N) is 3. The highest BCUT2D eigenvalue weighted by Gasteiger charge is 2.33. The van der Waals surface area contributed by atoms with E-state index in [1.54, 1.807) is 0 Å². The van der Waals surface area contributed by atoms with Crippen molar-refractivity contribution < 1.29 is 9.15 Å². The van der Waals surface area contributed by atoms with E-state index in [9.17, 15) is 0 Å². The molecule has 4 unspecified atom stereocenters. The number of aromatic nitrogens is 1. The second-order valence-corrected chi connectivity index (χ2v) is 7.72. The number of rotatable bonds is 7. The minimum atomic E-state index is -0.159. The molecule has 4 atom stereocenters. The van der Waals surface area contributed by atoms with Gasteiger partial charge in [0.1, 0.15) is 5.76 Å². The molecule has 27 heavy (non-hydrogen) atoms. The van der Waals surface area contributed by atoms with Crippen LogP contribution in [0.2, 0.25) is 0 Å². The van der Waals surface area contributed by atoms with Crippen molar-refractivity contribution in [2.24, 2.45) is 0 Å². The second-order valence-electron chi connectivity index (χ2n) is 7.72. The summed E-state index contributed by atoms with van der Waals surface area (Å²) in [6.45, 7) is 9.65. The van der Waals surface area contributed by atoms with Gasteiger partial charge in [-0.25, -0.2) is 4.98 Å². The summed E-state index contributed by atoms with van der Waals surface area (Å²) in [5.41, 5.74) is 1.01. The summed E-state index contributed by atoms with van der Waals surface area (Å²) in [6, 6.07) is 3.02. The predicted molar refractivity (Wildman–Crippen MR) is 103 cm³/mol. The fraction of sp³-hybridized carbons (Fsp3) is 0.800. The van der Waals surface area contributed by atoms with Gasteiger partial charge in [0.2, 0.25) is 0 Å². The van der Waals surface area contributed by atoms with Gasteiger partial charge in [-0.2, -0.15) is 5.26 Å². The highest BCUT2D eigenvalue weighted by atomic mass is 16.5. The summed E-state index contributed by atoms with van der Waals surface area (Å²) in [7, 11) is 0. The minimum absolute atomic E-state index is 0.156. The Kier molecular flexibility index (Phi) is 7.25. The largest absolute Gasteiger partial charge is 0.445 e. The molecule has 3 heterocycles. The SMILES string of the molecule is CCc1oc(CCC2CC(N3CCOCC3)CC(NC(C)C#N)N2)nc1C. The maximum atomic E-state index is 9.16. The third-order valence-electron chi connectivity index (χ3n) is 5.67. The maximum absolute atomic E-state index is 9.16. The Bertz CT molecular complexity index is 635. The van der Waals surface area contributed by atoms with Crippen LogP contribution in [0.25, 0.3) is 0 Å². The Hall–Kier alpha value is -1.46. The van der Waals surface area contributed by atoms with Crippen LogP contribution in [0.1, 0.15) is 50.5 Å². The van der Waals surface area contributed by atoms with Gasteiger partial charge in [-0.3, -0.25) is 15.5 Å². The Morgan fingerprint density at radius 2 is 2.15 bits per heavy atom. The van der Waals surface area contributed by atoms with Gasteiger partial charge in [-0.15, -0.1) is 0 Å². The summed E-state index contributed by atoms with van der Waals surface area (Å²) < 4.78 is 11.4. The molecule has 0 aliphatic carbocycles. The number of nitrogens with one attached hydrogen (secondary N) is 2. The molecule has 0 amide bonds. The fourth-order valence-electron chi connectivity index (χ4n) is 4.24. The van der Waals surface area contributed by atoms with Crippen molar-refractivity contribution in [1.82, 2.24) is 20.5 Å². The molecule has 0 bridgehead atoms. The molecule has 2 N–H and O–H groups in total. The summed E-state index contributed by atoms with van der Waals surface area (Å²) in [6.07, 6.45) is 5.00. The number of morpholine rings is 1. The lowest BCUT2D eigenvalue weighted by Crippen LogP contribution is -2.60. The van der Waals surface area contributed by atoms with Crippen molar-refractivity contribution in [2.45, 2.75) is 77.2 Å². The van der Waals surface area contributed by atoms with E-state index in [1.165, 1.54) is 0 Å². The van der Waals surface area contributed by atoms with E-state index in [0.29, 0.717) is 12.1 Å². The number of hydrogen-bond acceptors (Lipinski definition) is 7. The second kappa shape index (κ2) is 9.65. The Labute approximate surface area is 162 Å². The van der Waals surface area contributed by atoms with Gasteiger partial charge in [-0.1, -0.05) is 6.92 Å². The third-order valence-corrected chi connectivity index (χ3v) is 5.67. The van der Waals surface area contributed by atoms with Crippen LogP contribution in [0, 0.1) is 18.3 Å². The molecule has 7 heteroatoms. The van der Waals surface area contributed by atoms with Crippen LogP contribution in [0.5, 0.6) is 0 Å². The zero-order valence-electron chi connectivity index (χ0n) is 16.8. The van der Waals surface area contributed by atoms with E-state index in [2.05, 4.69) is 33.5 Å². The monoisotopic (exact) mass is 375 g/mol. The molecule has 1 aromatic rings. The summed E-state index contributed by atoms with van der Waals surface area (Å²) >= 11 is 0. The van der Waals surface area contributed by atoms with Crippen molar-refractivity contribution in [2.75, 3.05) is 26.3 Å². The van der Waals surface area contributed by atoms with E-state index in [0.717, 1.165) is 75.8 Å². The minimum Gasteiger partial charge on any atom is -0.445 e. The van der Waals surface area contributed by atoms with Gasteiger partial charge >= 0.3 is 0 Å². The normalized spacial score (nSPS) is 28.0. The summed E-state index contributed by atoms with van der Waals surface area (Å²) in [5, 5.41) is 16.3. The van der Waals surface area contributed by atoms with Crippen LogP contribution in [0.3, 0.4) is 0 Å². The Morgan fingerprint density at radius 1 is 1.37 bits per heavy atom. The molecular formula is C20H33N5O2. The van der Waals surface area contributed by atoms with Gasteiger partial charge in [0.25, 0.3) is 0 Å². The van der Waals surface area contributed by atoms with Crippen LogP contribution in [0.4, 0.5) is 0 Å². The molecule has 0 saturated carbocycles. The first-order valence-electron chi connectivity index (χ1n) is 10.3. The van der Waals surface area contributed by atoms with Crippen molar-refractivity contribution in [3.8, 4) is 6.07 Å². The molecule has 2 fully saturated rings. The molecule has 7 nitrogen and oxygen atoms in total. The van der Waals surface area contributed by atoms with Crippen LogP contribution in [-0.2, 0) is 17.6 Å². The van der Waals surface area contributed by atoms with Crippen LogP contribution in [0.15, 0.2) is 4.42 Å². The van der Waals surface area contributed by atoms with Gasteiger partial charge in [0, 0.05) is 38.0 Å². The Morgan fingerprint density at radius 3 is 2.81 bits per heavy atom. The average Bonchev–Trinajstić information content (AvgIpc) is 3.06. The number of ether oxygens (including phenoxy) is 1. The number of aryl methyl sites for hydroxylation is 3. The van der Waals surface area contributed by atoms with Gasteiger partial charge in [0.05, 0.1) is 37.2 Å². The molecule has 2 saturated heterocycles. The number of nitriles is 1. The van der Waals surface area contributed by atoms with Crippen molar-refractivity contribution in [1.29, 1.82) is 5.26 Å². The predicted octanol–water partition coefficient (Wildman–Crippen LogP) is 1.76. The lowest BCUT2D eigenvalue weighted by atomic mass is 9.92. The zero-order chi connectivity index (χ0) is 19.2. The topological polar surface area (TPSA) is 86.3 Å². The standard InChI is InChI=1S/C20H33N5O2/c1-4-18-15(3)23-20(27-18)6-5-16-11-17(25-7-9-26-10-8-25)12-19(24-16)22-14(2)13-21/h14,16-17,19,22,24H,4-12H2,1-3H3. The molecule has 2 aliphatic heterocycles. The van der Waals surface area contributed by atoms with Crippen LogP contribution >= 0.6 is 0 Å². The van der Waals surface area contributed by atoms with Crippen molar-refractivity contribution in [3.05, 3.63) is 17.3 Å².